The van der Waals surface area contributed by atoms with E-state index in [4.69, 9.17) is 9.15 Å². The van der Waals surface area contributed by atoms with E-state index in [-0.39, 0.29) is 12.5 Å². The van der Waals surface area contributed by atoms with Gasteiger partial charge in [-0.1, -0.05) is 27.2 Å². The monoisotopic (exact) mass is 375 g/mol. The van der Waals surface area contributed by atoms with E-state index in [2.05, 4.69) is 5.32 Å². The smallest absolute Gasteiger partial charge is 0.336 e. The minimum absolute atomic E-state index is 0.199. The Labute approximate surface area is 157 Å². The first-order valence-electron chi connectivity index (χ1n) is 8.99. The molecule has 0 aliphatic heterocycles. The van der Waals surface area contributed by atoms with Crippen LogP contribution in [0.5, 0.6) is 5.75 Å². The van der Waals surface area contributed by atoms with Crippen LogP contribution in [0.3, 0.4) is 0 Å². The Kier molecular flexibility index (Phi) is 6.60. The van der Waals surface area contributed by atoms with Gasteiger partial charge < -0.3 is 19.6 Å². The lowest BCUT2D eigenvalue weighted by Crippen LogP contribution is -2.46. The molecule has 0 saturated heterocycles. The van der Waals surface area contributed by atoms with Crippen molar-refractivity contribution in [2.45, 2.75) is 46.6 Å². The van der Waals surface area contributed by atoms with Gasteiger partial charge in [0.25, 0.3) is 5.91 Å². The molecule has 1 unspecified atom stereocenters. The highest BCUT2D eigenvalue weighted by Crippen LogP contribution is 2.28. The molecule has 7 nitrogen and oxygen atoms in total. The second kappa shape index (κ2) is 8.70. The maximum absolute atomic E-state index is 12.1. The highest BCUT2D eigenvalue weighted by Gasteiger charge is 2.25. The molecule has 1 aromatic heterocycles. The van der Waals surface area contributed by atoms with Gasteiger partial charge in [0.15, 0.2) is 6.61 Å². The number of ether oxygens (including phenoxy) is 1. The van der Waals surface area contributed by atoms with Gasteiger partial charge in [0.2, 0.25) is 0 Å². The fraction of sp³-hybridized carbons (Fsp3) is 0.450. The molecule has 0 aliphatic rings. The number of benzene rings is 1. The van der Waals surface area contributed by atoms with Gasteiger partial charge >= 0.3 is 11.6 Å². The summed E-state index contributed by atoms with van der Waals surface area (Å²) in [5, 5.41) is 12.6. The van der Waals surface area contributed by atoms with Crippen molar-refractivity contribution in [2.75, 3.05) is 6.61 Å². The summed E-state index contributed by atoms with van der Waals surface area (Å²) in [5.74, 6) is -1.39. The SMILES string of the molecule is CCc1cc(=O)oc2c(C)c(OCC(=O)N[C@@H](C(=O)O)C(C)CC)ccc12. The van der Waals surface area contributed by atoms with Gasteiger partial charge in [-0.3, -0.25) is 4.79 Å². The number of carbonyl (C=O) groups is 2. The average molecular weight is 375 g/mol. The third-order valence-corrected chi connectivity index (χ3v) is 4.73. The third-order valence-electron chi connectivity index (χ3n) is 4.73. The molecule has 0 saturated carbocycles. The Balaban J connectivity index is 2.17. The van der Waals surface area contributed by atoms with Crippen LogP contribution < -0.4 is 15.7 Å². The molecular formula is C20H25NO6. The maximum atomic E-state index is 12.1. The van der Waals surface area contributed by atoms with Gasteiger partial charge in [0, 0.05) is 17.0 Å². The summed E-state index contributed by atoms with van der Waals surface area (Å²) in [7, 11) is 0. The first-order valence-corrected chi connectivity index (χ1v) is 8.99. The van der Waals surface area contributed by atoms with Gasteiger partial charge in [0.1, 0.15) is 17.4 Å². The Morgan fingerprint density at radius 1 is 1.30 bits per heavy atom. The van der Waals surface area contributed by atoms with Crippen molar-refractivity contribution in [3.05, 3.63) is 39.7 Å². The summed E-state index contributed by atoms with van der Waals surface area (Å²) in [5.41, 5.74) is 1.49. The molecule has 2 atom stereocenters. The zero-order chi connectivity index (χ0) is 20.1. The molecule has 0 aliphatic carbocycles. The van der Waals surface area contributed by atoms with Crippen molar-refractivity contribution in [1.82, 2.24) is 5.32 Å². The number of hydrogen-bond acceptors (Lipinski definition) is 5. The first-order chi connectivity index (χ1) is 12.8. The molecule has 7 heteroatoms. The van der Waals surface area contributed by atoms with E-state index in [0.29, 0.717) is 29.7 Å². The number of carboxylic acid groups (broad SMARTS) is 1. The van der Waals surface area contributed by atoms with E-state index in [9.17, 15) is 19.5 Å². The molecule has 0 fully saturated rings. The molecule has 0 radical (unpaired) electrons. The number of rotatable bonds is 8. The quantitative estimate of drug-likeness (QED) is 0.687. The van der Waals surface area contributed by atoms with E-state index < -0.39 is 23.5 Å². The topological polar surface area (TPSA) is 106 Å². The van der Waals surface area contributed by atoms with Crippen LogP contribution in [0.15, 0.2) is 27.4 Å². The minimum Gasteiger partial charge on any atom is -0.483 e. The number of carbonyl (C=O) groups excluding carboxylic acids is 1. The van der Waals surface area contributed by atoms with Crippen LogP contribution in [0.1, 0.15) is 38.3 Å². The Morgan fingerprint density at radius 2 is 2.00 bits per heavy atom. The van der Waals surface area contributed by atoms with Crippen LogP contribution in [0.2, 0.25) is 0 Å². The van der Waals surface area contributed by atoms with Crippen LogP contribution in [-0.4, -0.2) is 29.6 Å². The Bertz CT molecular complexity index is 901. The Morgan fingerprint density at radius 3 is 2.59 bits per heavy atom. The molecule has 1 amide bonds. The van der Waals surface area contributed by atoms with Crippen molar-refractivity contribution in [1.29, 1.82) is 0 Å². The first kappa shape index (κ1) is 20.5. The van der Waals surface area contributed by atoms with E-state index in [1.54, 1.807) is 26.0 Å². The van der Waals surface area contributed by atoms with Crippen LogP contribution in [-0.2, 0) is 16.0 Å². The normalized spacial score (nSPS) is 13.2. The highest BCUT2D eigenvalue weighted by atomic mass is 16.5. The van der Waals surface area contributed by atoms with Crippen molar-refractivity contribution in [3.63, 3.8) is 0 Å². The summed E-state index contributed by atoms with van der Waals surface area (Å²) in [6.07, 6.45) is 1.32. The van der Waals surface area contributed by atoms with E-state index in [0.717, 1.165) is 10.9 Å². The number of hydrogen-bond donors (Lipinski definition) is 2. The summed E-state index contributed by atoms with van der Waals surface area (Å²) in [6, 6.07) is 4.01. The van der Waals surface area contributed by atoms with Crippen LogP contribution in [0, 0.1) is 12.8 Å². The zero-order valence-corrected chi connectivity index (χ0v) is 16.0. The van der Waals surface area contributed by atoms with E-state index in [1.165, 1.54) is 6.07 Å². The Hall–Kier alpha value is -2.83. The molecule has 1 aromatic carbocycles. The molecular weight excluding hydrogens is 350 g/mol. The van der Waals surface area contributed by atoms with Gasteiger partial charge in [-0.25, -0.2) is 9.59 Å². The van der Waals surface area contributed by atoms with Gasteiger partial charge in [0.05, 0.1) is 0 Å². The minimum atomic E-state index is -1.08. The fourth-order valence-corrected chi connectivity index (χ4v) is 2.90. The molecule has 2 aromatic rings. The number of amides is 1. The molecule has 27 heavy (non-hydrogen) atoms. The number of aliphatic carboxylic acids is 1. The second-order valence-corrected chi connectivity index (χ2v) is 6.57. The zero-order valence-electron chi connectivity index (χ0n) is 16.0. The highest BCUT2D eigenvalue weighted by molar-refractivity contribution is 5.86. The van der Waals surface area contributed by atoms with Crippen molar-refractivity contribution < 1.29 is 23.8 Å². The van der Waals surface area contributed by atoms with Crippen molar-refractivity contribution in [2.24, 2.45) is 5.92 Å². The van der Waals surface area contributed by atoms with Gasteiger partial charge in [-0.05, 0) is 37.0 Å². The standard InChI is InChI=1S/C20H25NO6/c1-5-11(3)18(20(24)25)21-16(22)10-26-15-8-7-14-13(6-2)9-17(23)27-19(14)12(15)4/h7-9,11,18H,5-6,10H2,1-4H3,(H,21,22)(H,24,25)/t11?,18-/m1/s1. The average Bonchev–Trinajstić information content (AvgIpc) is 2.64. The lowest BCUT2D eigenvalue weighted by atomic mass is 9.99. The molecule has 2 rings (SSSR count). The van der Waals surface area contributed by atoms with E-state index in [1.807, 2.05) is 13.8 Å². The number of aryl methyl sites for hydroxylation is 2. The molecule has 0 bridgehead atoms. The van der Waals surface area contributed by atoms with Crippen LogP contribution in [0.4, 0.5) is 0 Å². The lowest BCUT2D eigenvalue weighted by Gasteiger charge is -2.20. The summed E-state index contributed by atoms with van der Waals surface area (Å²) in [4.78, 5) is 35.2. The molecule has 1 heterocycles. The predicted octanol–water partition coefficient (Wildman–Crippen LogP) is 2.66. The van der Waals surface area contributed by atoms with E-state index >= 15 is 0 Å². The summed E-state index contributed by atoms with van der Waals surface area (Å²) < 4.78 is 10.9. The van der Waals surface area contributed by atoms with Gasteiger partial charge in [-0.15, -0.1) is 0 Å². The van der Waals surface area contributed by atoms with Crippen LogP contribution >= 0.6 is 0 Å². The summed E-state index contributed by atoms with van der Waals surface area (Å²) >= 11 is 0. The number of nitrogens with one attached hydrogen (secondary N) is 1. The lowest BCUT2D eigenvalue weighted by molar-refractivity contribution is -0.143. The van der Waals surface area contributed by atoms with Crippen molar-refractivity contribution in [3.8, 4) is 5.75 Å². The fourth-order valence-electron chi connectivity index (χ4n) is 2.90. The van der Waals surface area contributed by atoms with Gasteiger partial charge in [-0.2, -0.15) is 0 Å². The maximum Gasteiger partial charge on any atom is 0.336 e. The predicted molar refractivity (Wildman–Crippen MR) is 101 cm³/mol. The van der Waals surface area contributed by atoms with Crippen molar-refractivity contribution >= 4 is 22.8 Å². The molecule has 146 valence electrons. The number of carboxylic acids is 1. The molecule has 0 spiro atoms. The number of fused-ring (bicyclic) bond motifs is 1. The third kappa shape index (κ3) is 4.67. The second-order valence-electron chi connectivity index (χ2n) is 6.57. The molecule has 2 N–H and O–H groups in total. The summed E-state index contributed by atoms with van der Waals surface area (Å²) in [6.45, 7) is 7.00. The largest absolute Gasteiger partial charge is 0.483 e. The van der Waals surface area contributed by atoms with Crippen LogP contribution in [0.25, 0.3) is 11.0 Å².